The van der Waals surface area contributed by atoms with Crippen molar-refractivity contribution in [2.24, 2.45) is 0 Å². The first-order chi connectivity index (χ1) is 9.63. The molecular formula is C16H15NO3. The Bertz CT molecular complexity index is 632. The molecule has 0 atom stereocenters. The summed E-state index contributed by atoms with van der Waals surface area (Å²) >= 11 is 0. The average Bonchev–Trinajstić information content (AvgIpc) is 2.47. The molecule has 4 nitrogen and oxygen atoms in total. The van der Waals surface area contributed by atoms with Gasteiger partial charge in [-0.3, -0.25) is 4.79 Å². The number of nitrogens with two attached hydrogens (primary N) is 1. The van der Waals surface area contributed by atoms with E-state index in [1.54, 1.807) is 55.5 Å². The molecule has 2 aromatic rings. The standard InChI is InChI=1S/C16H15NO3/c1-2-20-16(19)14-6-4-3-5-13(14)15(18)11-7-9-12(17)10-8-11/h3-10H,2,17H2,1H3. The number of nitrogen functional groups attached to an aromatic ring is 1. The maximum atomic E-state index is 12.4. The number of carbonyl (C=O) groups is 2. The van der Waals surface area contributed by atoms with Gasteiger partial charge in [0.2, 0.25) is 0 Å². The summed E-state index contributed by atoms with van der Waals surface area (Å²) in [6, 6.07) is 13.2. The van der Waals surface area contributed by atoms with Gasteiger partial charge in [0.05, 0.1) is 12.2 Å². The normalized spacial score (nSPS) is 10.1. The number of rotatable bonds is 4. The van der Waals surface area contributed by atoms with E-state index in [0.717, 1.165) is 0 Å². The molecule has 0 amide bonds. The van der Waals surface area contributed by atoms with Crippen LogP contribution in [0.25, 0.3) is 0 Å². The minimum absolute atomic E-state index is 0.228. The van der Waals surface area contributed by atoms with E-state index in [4.69, 9.17) is 10.5 Å². The van der Waals surface area contributed by atoms with E-state index in [-0.39, 0.29) is 18.0 Å². The summed E-state index contributed by atoms with van der Waals surface area (Å²) in [5.41, 5.74) is 7.27. The lowest BCUT2D eigenvalue weighted by Crippen LogP contribution is -2.12. The third-order valence-corrected chi connectivity index (χ3v) is 2.84. The van der Waals surface area contributed by atoms with Gasteiger partial charge < -0.3 is 10.5 Å². The number of carbonyl (C=O) groups excluding carboxylic acids is 2. The molecule has 0 spiro atoms. The van der Waals surface area contributed by atoms with Gasteiger partial charge in [0.1, 0.15) is 0 Å². The van der Waals surface area contributed by atoms with Crippen molar-refractivity contribution >= 4 is 17.4 Å². The summed E-state index contributed by atoms with van der Waals surface area (Å²) in [6.45, 7) is 1.99. The van der Waals surface area contributed by atoms with Crippen LogP contribution in [0, 0.1) is 0 Å². The molecule has 0 aliphatic heterocycles. The van der Waals surface area contributed by atoms with E-state index in [1.165, 1.54) is 0 Å². The van der Waals surface area contributed by atoms with E-state index >= 15 is 0 Å². The van der Waals surface area contributed by atoms with Crippen molar-refractivity contribution in [3.63, 3.8) is 0 Å². The first kappa shape index (κ1) is 13.8. The molecule has 0 aliphatic carbocycles. The van der Waals surface area contributed by atoms with E-state index in [1.807, 2.05) is 0 Å². The van der Waals surface area contributed by atoms with Gasteiger partial charge >= 0.3 is 5.97 Å². The lowest BCUT2D eigenvalue weighted by molar-refractivity contribution is 0.0523. The third kappa shape index (κ3) is 2.85. The van der Waals surface area contributed by atoms with Crippen LogP contribution >= 0.6 is 0 Å². The molecule has 0 aliphatic rings. The Labute approximate surface area is 117 Å². The molecule has 4 heteroatoms. The van der Waals surface area contributed by atoms with Gasteiger partial charge in [0.15, 0.2) is 5.78 Å². The quantitative estimate of drug-likeness (QED) is 0.526. The first-order valence-corrected chi connectivity index (χ1v) is 6.30. The minimum Gasteiger partial charge on any atom is -0.462 e. The summed E-state index contributed by atoms with van der Waals surface area (Å²) in [7, 11) is 0. The molecule has 0 heterocycles. The summed E-state index contributed by atoms with van der Waals surface area (Å²) in [6.07, 6.45) is 0. The van der Waals surface area contributed by atoms with Crippen molar-refractivity contribution in [3.8, 4) is 0 Å². The van der Waals surface area contributed by atoms with Gasteiger partial charge in [-0.05, 0) is 37.3 Å². The number of hydrogen-bond acceptors (Lipinski definition) is 4. The second kappa shape index (κ2) is 6.02. The van der Waals surface area contributed by atoms with Crippen molar-refractivity contribution in [1.29, 1.82) is 0 Å². The Balaban J connectivity index is 2.39. The Morgan fingerprint density at radius 3 is 2.20 bits per heavy atom. The predicted molar refractivity (Wildman–Crippen MR) is 76.7 cm³/mol. The Morgan fingerprint density at radius 2 is 1.60 bits per heavy atom. The highest BCUT2D eigenvalue weighted by atomic mass is 16.5. The summed E-state index contributed by atoms with van der Waals surface area (Å²) in [5.74, 6) is -0.722. The topological polar surface area (TPSA) is 69.4 Å². The maximum absolute atomic E-state index is 12.4. The molecule has 2 aromatic carbocycles. The van der Waals surface area contributed by atoms with Crippen LogP contribution in [0.3, 0.4) is 0 Å². The molecule has 0 unspecified atom stereocenters. The number of hydrogen-bond donors (Lipinski definition) is 1. The van der Waals surface area contributed by atoms with Crippen LogP contribution < -0.4 is 5.73 Å². The van der Waals surface area contributed by atoms with Crippen LogP contribution in [0.1, 0.15) is 33.2 Å². The lowest BCUT2D eigenvalue weighted by atomic mass is 9.98. The first-order valence-electron chi connectivity index (χ1n) is 6.30. The monoisotopic (exact) mass is 269 g/mol. The zero-order valence-electron chi connectivity index (χ0n) is 11.1. The third-order valence-electron chi connectivity index (χ3n) is 2.84. The Hall–Kier alpha value is -2.62. The summed E-state index contributed by atoms with van der Waals surface area (Å²) in [5, 5.41) is 0. The largest absolute Gasteiger partial charge is 0.462 e. The van der Waals surface area contributed by atoms with Crippen LogP contribution in [-0.2, 0) is 4.74 Å². The lowest BCUT2D eigenvalue weighted by Gasteiger charge is -2.08. The molecule has 0 saturated heterocycles. The fourth-order valence-electron chi connectivity index (χ4n) is 1.86. The van der Waals surface area contributed by atoms with Crippen molar-refractivity contribution in [1.82, 2.24) is 0 Å². The minimum atomic E-state index is -0.494. The number of ketones is 1. The van der Waals surface area contributed by atoms with Crippen LogP contribution in [0.4, 0.5) is 5.69 Å². The fraction of sp³-hybridized carbons (Fsp3) is 0.125. The predicted octanol–water partition coefficient (Wildman–Crippen LogP) is 2.68. The molecule has 0 bridgehead atoms. The second-order valence-electron chi connectivity index (χ2n) is 4.22. The maximum Gasteiger partial charge on any atom is 0.338 e. The molecule has 102 valence electrons. The summed E-state index contributed by atoms with van der Waals surface area (Å²) in [4.78, 5) is 24.3. The summed E-state index contributed by atoms with van der Waals surface area (Å²) < 4.78 is 4.96. The molecular weight excluding hydrogens is 254 g/mol. The number of benzene rings is 2. The van der Waals surface area contributed by atoms with E-state index in [9.17, 15) is 9.59 Å². The van der Waals surface area contributed by atoms with Gasteiger partial charge in [-0.1, -0.05) is 18.2 Å². The molecule has 0 aromatic heterocycles. The SMILES string of the molecule is CCOC(=O)c1ccccc1C(=O)c1ccc(N)cc1. The fourth-order valence-corrected chi connectivity index (χ4v) is 1.86. The molecule has 20 heavy (non-hydrogen) atoms. The van der Waals surface area contributed by atoms with Gasteiger partial charge in [-0.25, -0.2) is 4.79 Å². The highest BCUT2D eigenvalue weighted by Gasteiger charge is 2.18. The zero-order valence-corrected chi connectivity index (χ0v) is 11.1. The molecule has 2 N–H and O–H groups in total. The van der Waals surface area contributed by atoms with E-state index in [2.05, 4.69) is 0 Å². The van der Waals surface area contributed by atoms with Gasteiger partial charge in [-0.2, -0.15) is 0 Å². The number of esters is 1. The highest BCUT2D eigenvalue weighted by molar-refractivity contribution is 6.14. The van der Waals surface area contributed by atoms with Crippen LogP contribution in [0.5, 0.6) is 0 Å². The zero-order chi connectivity index (χ0) is 14.5. The van der Waals surface area contributed by atoms with Crippen molar-refractivity contribution < 1.29 is 14.3 Å². The molecule has 0 fully saturated rings. The Morgan fingerprint density at radius 1 is 1.00 bits per heavy atom. The van der Waals surface area contributed by atoms with Crippen molar-refractivity contribution in [2.75, 3.05) is 12.3 Å². The van der Waals surface area contributed by atoms with E-state index in [0.29, 0.717) is 16.8 Å². The molecule has 0 radical (unpaired) electrons. The second-order valence-corrected chi connectivity index (χ2v) is 4.22. The smallest absolute Gasteiger partial charge is 0.338 e. The van der Waals surface area contributed by atoms with E-state index < -0.39 is 5.97 Å². The van der Waals surface area contributed by atoms with Crippen molar-refractivity contribution in [3.05, 3.63) is 65.2 Å². The Kier molecular flexibility index (Phi) is 4.15. The van der Waals surface area contributed by atoms with Gasteiger partial charge in [0.25, 0.3) is 0 Å². The highest BCUT2D eigenvalue weighted by Crippen LogP contribution is 2.16. The van der Waals surface area contributed by atoms with Crippen molar-refractivity contribution in [2.45, 2.75) is 6.92 Å². The van der Waals surface area contributed by atoms with Crippen LogP contribution in [-0.4, -0.2) is 18.4 Å². The molecule has 0 saturated carbocycles. The van der Waals surface area contributed by atoms with Crippen LogP contribution in [0.2, 0.25) is 0 Å². The average molecular weight is 269 g/mol. The molecule has 2 rings (SSSR count). The van der Waals surface area contributed by atoms with Gasteiger partial charge in [-0.15, -0.1) is 0 Å². The number of anilines is 1. The number of ether oxygens (including phenoxy) is 1. The van der Waals surface area contributed by atoms with Gasteiger partial charge in [0, 0.05) is 16.8 Å². The van der Waals surface area contributed by atoms with Crippen LogP contribution in [0.15, 0.2) is 48.5 Å².